The molecule has 2 aliphatic heterocycles. The lowest BCUT2D eigenvalue weighted by atomic mass is 10.00. The van der Waals surface area contributed by atoms with Gasteiger partial charge in [-0.3, -0.25) is 19.6 Å². The Morgan fingerprint density at radius 1 is 1.11 bits per heavy atom. The molecule has 8 nitrogen and oxygen atoms in total. The van der Waals surface area contributed by atoms with E-state index in [1.165, 1.54) is 6.20 Å². The summed E-state index contributed by atoms with van der Waals surface area (Å²) in [5.74, 6) is -0.872. The number of rotatable bonds is 4. The fourth-order valence-electron chi connectivity index (χ4n) is 4.00. The van der Waals surface area contributed by atoms with Crippen molar-refractivity contribution in [3.63, 3.8) is 0 Å². The van der Waals surface area contributed by atoms with Gasteiger partial charge in [0.1, 0.15) is 0 Å². The topological polar surface area (TPSA) is 109 Å². The fraction of sp³-hybridized carbons (Fsp3) is 0.368. The van der Waals surface area contributed by atoms with Gasteiger partial charge in [0.2, 0.25) is 5.91 Å². The van der Waals surface area contributed by atoms with Gasteiger partial charge in [-0.1, -0.05) is 6.07 Å². The molecule has 2 amide bonds. The number of fused-ring (bicyclic) bond motifs is 1. The molecule has 0 aromatic carbocycles. The number of nitrogens with one attached hydrogen (secondary N) is 1. The van der Waals surface area contributed by atoms with Crippen LogP contribution in [-0.2, 0) is 21.1 Å². The number of pyridine rings is 2. The lowest BCUT2D eigenvalue weighted by Crippen LogP contribution is -2.43. The first-order valence-electron chi connectivity index (χ1n) is 9.03. The first-order valence-corrected chi connectivity index (χ1v) is 10.7. The van der Waals surface area contributed by atoms with Crippen molar-refractivity contribution in [1.29, 1.82) is 0 Å². The Balaban J connectivity index is 1.46. The van der Waals surface area contributed by atoms with E-state index in [9.17, 15) is 18.0 Å². The highest BCUT2D eigenvalue weighted by Crippen LogP contribution is 2.34. The minimum absolute atomic E-state index is 0.0873. The van der Waals surface area contributed by atoms with Crippen LogP contribution in [0.2, 0.25) is 0 Å². The number of carbonyl (C=O) groups is 2. The summed E-state index contributed by atoms with van der Waals surface area (Å²) in [4.78, 5) is 34.5. The molecule has 1 N–H and O–H groups in total. The monoisotopic (exact) mass is 400 g/mol. The minimum atomic E-state index is -3.38. The van der Waals surface area contributed by atoms with E-state index in [2.05, 4.69) is 15.3 Å². The van der Waals surface area contributed by atoms with Crippen molar-refractivity contribution in [3.8, 4) is 0 Å². The average Bonchev–Trinajstić information content (AvgIpc) is 3.23. The largest absolute Gasteiger partial charge is 0.352 e. The molecule has 9 heteroatoms. The zero-order chi connectivity index (χ0) is 19.7. The number of hydrogen-bond donors (Lipinski definition) is 1. The molecule has 0 bridgehead atoms. The summed E-state index contributed by atoms with van der Waals surface area (Å²) in [5.41, 5.74) is 1.19. The third-order valence-corrected chi connectivity index (χ3v) is 7.57. The number of nitrogens with zero attached hydrogens (tertiary/aromatic N) is 3. The van der Waals surface area contributed by atoms with Gasteiger partial charge in [-0.2, -0.15) is 0 Å². The van der Waals surface area contributed by atoms with E-state index in [0.717, 1.165) is 5.56 Å². The number of hydrogen-bond acceptors (Lipinski definition) is 6. The van der Waals surface area contributed by atoms with Crippen LogP contribution in [0, 0.1) is 5.92 Å². The molecule has 4 rings (SSSR count). The number of aromatic nitrogens is 2. The lowest BCUT2D eigenvalue weighted by Gasteiger charge is -2.21. The molecule has 0 saturated carbocycles. The highest BCUT2D eigenvalue weighted by Gasteiger charge is 2.53. The molecular weight excluding hydrogens is 380 g/mol. The van der Waals surface area contributed by atoms with Crippen LogP contribution in [0.3, 0.4) is 0 Å². The molecule has 2 fully saturated rings. The smallest absolute Gasteiger partial charge is 0.255 e. The third-order valence-electron chi connectivity index (χ3n) is 5.33. The van der Waals surface area contributed by atoms with Gasteiger partial charge in [0.05, 0.1) is 23.0 Å². The lowest BCUT2D eigenvalue weighted by molar-refractivity contribution is -0.121. The Hall–Kier alpha value is -2.81. The predicted octanol–water partition coefficient (Wildman–Crippen LogP) is 0.0731. The second kappa shape index (κ2) is 7.31. The Kier molecular flexibility index (Phi) is 4.84. The maximum Gasteiger partial charge on any atom is 0.255 e. The summed E-state index contributed by atoms with van der Waals surface area (Å²) in [5, 5.41) is 2.22. The highest BCUT2D eigenvalue weighted by atomic mass is 32.2. The summed E-state index contributed by atoms with van der Waals surface area (Å²) in [6.07, 6.45) is 6.42. The molecule has 146 valence electrons. The van der Waals surface area contributed by atoms with Crippen molar-refractivity contribution in [1.82, 2.24) is 20.2 Å². The number of amides is 2. The molecule has 2 aromatic rings. The summed E-state index contributed by atoms with van der Waals surface area (Å²) in [6, 6.07) is 6.38. The van der Waals surface area contributed by atoms with Crippen LogP contribution in [0.5, 0.6) is 0 Å². The molecule has 0 radical (unpaired) electrons. The fourth-order valence-corrected chi connectivity index (χ4v) is 6.29. The van der Waals surface area contributed by atoms with Gasteiger partial charge in [0.15, 0.2) is 9.84 Å². The first kappa shape index (κ1) is 18.5. The van der Waals surface area contributed by atoms with E-state index in [0.29, 0.717) is 12.1 Å². The van der Waals surface area contributed by atoms with Crippen LogP contribution in [0.1, 0.15) is 15.9 Å². The van der Waals surface area contributed by atoms with Crippen LogP contribution in [0.15, 0.2) is 49.1 Å². The van der Waals surface area contributed by atoms with Crippen molar-refractivity contribution in [3.05, 3.63) is 60.2 Å². The maximum atomic E-state index is 12.7. The van der Waals surface area contributed by atoms with Gasteiger partial charge >= 0.3 is 0 Å². The zero-order valence-electron chi connectivity index (χ0n) is 15.1. The van der Waals surface area contributed by atoms with Crippen LogP contribution in [0.4, 0.5) is 0 Å². The van der Waals surface area contributed by atoms with Crippen LogP contribution < -0.4 is 5.32 Å². The number of carbonyl (C=O) groups excluding carboxylic acids is 2. The molecule has 2 aromatic heterocycles. The summed E-state index contributed by atoms with van der Waals surface area (Å²) in [7, 11) is -3.38. The Morgan fingerprint density at radius 2 is 1.86 bits per heavy atom. The maximum absolute atomic E-state index is 12.7. The summed E-state index contributed by atoms with van der Waals surface area (Å²) < 4.78 is 25.2. The quantitative estimate of drug-likeness (QED) is 0.778. The van der Waals surface area contributed by atoms with Crippen molar-refractivity contribution in [2.45, 2.75) is 17.7 Å². The molecule has 28 heavy (non-hydrogen) atoms. The molecule has 0 aliphatic carbocycles. The Morgan fingerprint density at radius 3 is 2.54 bits per heavy atom. The molecular formula is C19H20N4O4S. The summed E-state index contributed by atoms with van der Waals surface area (Å²) >= 11 is 0. The van der Waals surface area contributed by atoms with Gasteiger partial charge < -0.3 is 10.2 Å². The minimum Gasteiger partial charge on any atom is -0.352 e. The van der Waals surface area contributed by atoms with Crippen molar-refractivity contribution < 1.29 is 18.0 Å². The second-order valence-electron chi connectivity index (χ2n) is 7.20. The van der Waals surface area contributed by atoms with E-state index in [-0.39, 0.29) is 36.5 Å². The van der Waals surface area contributed by atoms with E-state index in [1.807, 2.05) is 0 Å². The third kappa shape index (κ3) is 3.62. The van der Waals surface area contributed by atoms with Gasteiger partial charge in [0.25, 0.3) is 5.91 Å². The predicted molar refractivity (Wildman–Crippen MR) is 101 cm³/mol. The van der Waals surface area contributed by atoms with Crippen molar-refractivity contribution in [2.24, 2.45) is 5.92 Å². The van der Waals surface area contributed by atoms with Crippen LogP contribution >= 0.6 is 0 Å². The SMILES string of the molecule is O=C(Cc1cccnc1)N[C@@H]1CS(=O)(=O)[C@H]2CN(C(=O)c3cccnc3)C[C@@H]12. The van der Waals surface area contributed by atoms with E-state index in [1.54, 1.807) is 47.8 Å². The van der Waals surface area contributed by atoms with E-state index in [4.69, 9.17) is 0 Å². The van der Waals surface area contributed by atoms with Crippen LogP contribution in [-0.4, -0.2) is 65.2 Å². The Bertz CT molecular complexity index is 982. The van der Waals surface area contributed by atoms with E-state index < -0.39 is 21.1 Å². The molecule has 2 saturated heterocycles. The normalized spacial score (nSPS) is 25.3. The highest BCUT2D eigenvalue weighted by molar-refractivity contribution is 7.92. The second-order valence-corrected chi connectivity index (χ2v) is 9.46. The summed E-state index contributed by atoms with van der Waals surface area (Å²) in [6.45, 7) is 0.450. The molecule has 0 spiro atoms. The van der Waals surface area contributed by atoms with Crippen molar-refractivity contribution in [2.75, 3.05) is 18.8 Å². The first-order chi connectivity index (χ1) is 13.4. The molecule has 4 heterocycles. The molecule has 0 unspecified atom stereocenters. The van der Waals surface area contributed by atoms with Gasteiger partial charge in [-0.25, -0.2) is 8.42 Å². The van der Waals surface area contributed by atoms with Gasteiger partial charge in [-0.05, 0) is 23.8 Å². The van der Waals surface area contributed by atoms with E-state index >= 15 is 0 Å². The zero-order valence-corrected chi connectivity index (χ0v) is 15.9. The van der Waals surface area contributed by atoms with Crippen LogP contribution in [0.25, 0.3) is 0 Å². The van der Waals surface area contributed by atoms with Crippen molar-refractivity contribution >= 4 is 21.7 Å². The van der Waals surface area contributed by atoms with Gasteiger partial charge in [0, 0.05) is 49.8 Å². The molecule has 3 atom stereocenters. The average molecular weight is 400 g/mol. The number of likely N-dealkylation sites (tertiary alicyclic amines) is 1. The Labute approximate surface area is 162 Å². The molecule has 2 aliphatic rings. The van der Waals surface area contributed by atoms with Gasteiger partial charge in [-0.15, -0.1) is 0 Å². The standard InChI is InChI=1S/C19H20N4O4S/c24-18(7-13-3-1-5-20-8-13)22-16-12-28(26,27)17-11-23(10-15(16)17)19(25)14-4-2-6-21-9-14/h1-6,8-9,15-17H,7,10-12H2,(H,22,24)/t15-,16+,17-/m0/s1. The number of sulfone groups is 1.